The Morgan fingerprint density at radius 2 is 1.68 bits per heavy atom. The van der Waals surface area contributed by atoms with Crippen LogP contribution in [0.5, 0.6) is 5.75 Å². The molecule has 2 aromatic rings. The Labute approximate surface area is 184 Å². The minimum Gasteiger partial charge on any atom is -0.492 e. The van der Waals surface area contributed by atoms with Gasteiger partial charge in [-0.3, -0.25) is 4.99 Å². The maximum absolute atomic E-state index is 11.3. The first-order valence-corrected chi connectivity index (χ1v) is 10.8. The van der Waals surface area contributed by atoms with Crippen LogP contribution in [0, 0.1) is 0 Å². The van der Waals surface area contributed by atoms with Gasteiger partial charge in [0.25, 0.3) is 0 Å². The number of likely N-dealkylation sites (N-methyl/N-ethyl adjacent to an activating group) is 1. The molecule has 1 N–H and O–H groups in total. The Hall–Kier alpha value is -1.81. The molecule has 2 rings (SSSR count). The highest BCUT2D eigenvalue weighted by Crippen LogP contribution is 2.09. The highest BCUT2D eigenvalue weighted by molar-refractivity contribution is 14.0. The normalized spacial score (nSPS) is 11.5. The van der Waals surface area contributed by atoms with Crippen LogP contribution in [-0.2, 0) is 22.1 Å². The summed E-state index contributed by atoms with van der Waals surface area (Å²) < 4.78 is 28.4. The summed E-state index contributed by atoms with van der Waals surface area (Å²) in [6.45, 7) is 1.86. The second-order valence-corrected chi connectivity index (χ2v) is 8.51. The number of halogens is 1. The molecule has 8 heteroatoms. The molecular weight excluding hydrogens is 489 g/mol. The molecule has 0 amide bonds. The van der Waals surface area contributed by atoms with Crippen molar-refractivity contribution in [1.29, 1.82) is 0 Å². The van der Waals surface area contributed by atoms with Crippen molar-refractivity contribution in [3.8, 4) is 5.75 Å². The predicted octanol–water partition coefficient (Wildman–Crippen LogP) is 2.94. The first kappa shape index (κ1) is 24.2. The Kier molecular flexibility index (Phi) is 10.3. The van der Waals surface area contributed by atoms with Gasteiger partial charge in [0.05, 0.1) is 12.3 Å². The molecule has 0 aromatic heterocycles. The zero-order chi connectivity index (χ0) is 19.7. The summed E-state index contributed by atoms with van der Waals surface area (Å²) in [5.74, 6) is 1.68. The van der Waals surface area contributed by atoms with E-state index in [-0.39, 0.29) is 29.7 Å². The molecule has 28 heavy (non-hydrogen) atoms. The molecule has 154 valence electrons. The molecule has 6 nitrogen and oxygen atoms in total. The monoisotopic (exact) mass is 517 g/mol. The number of hydrogen-bond donors (Lipinski definition) is 1. The van der Waals surface area contributed by atoms with Gasteiger partial charge in [-0.1, -0.05) is 42.5 Å². The van der Waals surface area contributed by atoms with E-state index in [0.717, 1.165) is 22.8 Å². The van der Waals surface area contributed by atoms with Crippen LogP contribution in [0.15, 0.2) is 59.6 Å². The van der Waals surface area contributed by atoms with Gasteiger partial charge in [0.1, 0.15) is 12.4 Å². The first-order valence-electron chi connectivity index (χ1n) is 8.72. The lowest BCUT2D eigenvalue weighted by molar-refractivity contribution is 0.281. The van der Waals surface area contributed by atoms with Crippen molar-refractivity contribution in [2.24, 2.45) is 4.99 Å². The zero-order valence-electron chi connectivity index (χ0n) is 16.5. The number of benzene rings is 2. The van der Waals surface area contributed by atoms with Gasteiger partial charge < -0.3 is 15.0 Å². The van der Waals surface area contributed by atoms with Gasteiger partial charge in [-0.25, -0.2) is 8.42 Å². The molecule has 0 unspecified atom stereocenters. The first-order chi connectivity index (χ1) is 12.9. The van der Waals surface area contributed by atoms with E-state index >= 15 is 0 Å². The van der Waals surface area contributed by atoms with Crippen LogP contribution in [0.1, 0.15) is 11.1 Å². The van der Waals surface area contributed by atoms with E-state index in [2.05, 4.69) is 10.3 Å². The molecule has 2 aromatic carbocycles. The number of nitrogens with one attached hydrogen (secondary N) is 1. The fraction of sp³-hybridized carbons (Fsp3) is 0.350. The van der Waals surface area contributed by atoms with Crippen molar-refractivity contribution >= 4 is 39.8 Å². The Balaban J connectivity index is 0.00000392. The summed E-state index contributed by atoms with van der Waals surface area (Å²) in [7, 11) is 0.686. The van der Waals surface area contributed by atoms with Gasteiger partial charge in [-0.05, 0) is 23.3 Å². The lowest BCUT2D eigenvalue weighted by Crippen LogP contribution is -2.40. The Bertz CT molecular complexity index is 841. The summed E-state index contributed by atoms with van der Waals surface area (Å²) in [5.41, 5.74) is 1.85. The smallest absolute Gasteiger partial charge is 0.193 e. The molecule has 0 aliphatic carbocycles. The van der Waals surface area contributed by atoms with Crippen LogP contribution in [0.25, 0.3) is 0 Å². The molecular formula is C20H28IN3O3S. The molecule has 0 aliphatic rings. The molecule has 0 heterocycles. The number of hydrogen-bond acceptors (Lipinski definition) is 4. The van der Waals surface area contributed by atoms with Crippen molar-refractivity contribution in [3.05, 3.63) is 65.7 Å². The Morgan fingerprint density at radius 3 is 2.25 bits per heavy atom. The third kappa shape index (κ3) is 8.92. The molecule has 0 spiro atoms. The largest absolute Gasteiger partial charge is 0.492 e. The van der Waals surface area contributed by atoms with E-state index in [1.807, 2.05) is 66.5 Å². The van der Waals surface area contributed by atoms with Crippen molar-refractivity contribution in [2.45, 2.75) is 12.3 Å². The van der Waals surface area contributed by atoms with Gasteiger partial charge in [-0.2, -0.15) is 0 Å². The van der Waals surface area contributed by atoms with Gasteiger partial charge >= 0.3 is 0 Å². The summed E-state index contributed by atoms with van der Waals surface area (Å²) in [6.07, 6.45) is 1.24. The lowest BCUT2D eigenvalue weighted by atomic mass is 10.1. The van der Waals surface area contributed by atoms with Gasteiger partial charge in [0.2, 0.25) is 0 Å². The van der Waals surface area contributed by atoms with Crippen LogP contribution in [0.3, 0.4) is 0 Å². The number of rotatable bonds is 8. The topological polar surface area (TPSA) is 71.0 Å². The summed E-state index contributed by atoms with van der Waals surface area (Å²) in [5, 5.41) is 3.30. The van der Waals surface area contributed by atoms with E-state index in [1.165, 1.54) is 6.26 Å². The fourth-order valence-electron chi connectivity index (χ4n) is 2.54. The fourth-order valence-corrected chi connectivity index (χ4v) is 3.34. The van der Waals surface area contributed by atoms with E-state index in [9.17, 15) is 8.42 Å². The van der Waals surface area contributed by atoms with Crippen molar-refractivity contribution in [1.82, 2.24) is 10.2 Å². The lowest BCUT2D eigenvalue weighted by Gasteiger charge is -2.22. The summed E-state index contributed by atoms with van der Waals surface area (Å²) in [6, 6.07) is 17.3. The molecule has 0 saturated carbocycles. The Morgan fingerprint density at radius 1 is 1.07 bits per heavy atom. The standard InChI is InChI=1S/C20H27N3O3S.HI/c1-21-20(23(2)13-14-26-19-7-5-4-6-8-19)22-15-17-9-11-18(12-10-17)16-27(3,24)25;/h4-12H,13-16H2,1-3H3,(H,21,22);1H. The number of ether oxygens (including phenoxy) is 1. The van der Waals surface area contributed by atoms with Gasteiger partial charge in [0, 0.05) is 26.9 Å². The molecule has 0 saturated heterocycles. The van der Waals surface area contributed by atoms with Crippen LogP contribution in [0.4, 0.5) is 0 Å². The van der Waals surface area contributed by atoms with Crippen LogP contribution in [0.2, 0.25) is 0 Å². The minimum absolute atomic E-state index is 0. The third-order valence-electron chi connectivity index (χ3n) is 3.91. The third-order valence-corrected chi connectivity index (χ3v) is 4.77. The zero-order valence-corrected chi connectivity index (χ0v) is 19.6. The maximum Gasteiger partial charge on any atom is 0.193 e. The SMILES string of the molecule is CN=C(NCc1ccc(CS(C)(=O)=O)cc1)N(C)CCOc1ccccc1.I. The highest BCUT2D eigenvalue weighted by Gasteiger charge is 2.07. The summed E-state index contributed by atoms with van der Waals surface area (Å²) >= 11 is 0. The number of para-hydroxylation sites is 1. The average Bonchev–Trinajstić information content (AvgIpc) is 2.63. The number of nitrogens with zero attached hydrogens (tertiary/aromatic N) is 2. The quantitative estimate of drug-likeness (QED) is 0.331. The molecule has 0 radical (unpaired) electrons. The minimum atomic E-state index is -3.01. The van der Waals surface area contributed by atoms with E-state index in [1.54, 1.807) is 7.05 Å². The molecule has 0 aliphatic heterocycles. The summed E-state index contributed by atoms with van der Waals surface area (Å²) in [4.78, 5) is 6.29. The van der Waals surface area contributed by atoms with Crippen LogP contribution in [-0.4, -0.2) is 52.8 Å². The number of aliphatic imine (C=N–C) groups is 1. The predicted molar refractivity (Wildman–Crippen MR) is 125 cm³/mol. The molecule has 0 atom stereocenters. The van der Waals surface area contributed by atoms with Gasteiger partial charge in [0.15, 0.2) is 15.8 Å². The number of sulfone groups is 1. The second-order valence-electron chi connectivity index (χ2n) is 6.37. The van der Waals surface area contributed by atoms with Crippen LogP contribution < -0.4 is 10.1 Å². The second kappa shape index (κ2) is 11.9. The van der Waals surface area contributed by atoms with Gasteiger partial charge in [-0.15, -0.1) is 24.0 Å². The van der Waals surface area contributed by atoms with Crippen molar-refractivity contribution < 1.29 is 13.2 Å². The van der Waals surface area contributed by atoms with E-state index in [0.29, 0.717) is 19.7 Å². The molecule has 0 bridgehead atoms. The average molecular weight is 517 g/mol. The number of guanidine groups is 1. The van der Waals surface area contributed by atoms with Crippen molar-refractivity contribution in [2.75, 3.05) is 33.5 Å². The highest BCUT2D eigenvalue weighted by atomic mass is 127. The molecule has 0 fully saturated rings. The van der Waals surface area contributed by atoms with Crippen molar-refractivity contribution in [3.63, 3.8) is 0 Å². The maximum atomic E-state index is 11.3. The van der Waals surface area contributed by atoms with E-state index in [4.69, 9.17) is 4.74 Å². The van der Waals surface area contributed by atoms with E-state index < -0.39 is 9.84 Å². The van der Waals surface area contributed by atoms with Crippen LogP contribution >= 0.6 is 24.0 Å².